The lowest BCUT2D eigenvalue weighted by Crippen LogP contribution is -2.41. The predicted octanol–water partition coefficient (Wildman–Crippen LogP) is 1.93. The third-order valence-electron chi connectivity index (χ3n) is 4.06. The van der Waals surface area contributed by atoms with Crippen LogP contribution in [-0.2, 0) is 20.7 Å². The lowest BCUT2D eigenvalue weighted by molar-refractivity contribution is 0.00578. The summed E-state index contributed by atoms with van der Waals surface area (Å²) in [5.41, 5.74) is 0.903. The molecule has 1 aromatic heterocycles. The van der Waals surface area contributed by atoms with Gasteiger partial charge in [-0.15, -0.1) is 0 Å². The van der Waals surface area contributed by atoms with E-state index < -0.39 is 7.12 Å². The minimum absolute atomic E-state index is 0.366. The van der Waals surface area contributed by atoms with Gasteiger partial charge in [0, 0.05) is 18.8 Å². The van der Waals surface area contributed by atoms with Gasteiger partial charge in [-0.2, -0.15) is 0 Å². The van der Waals surface area contributed by atoms with Crippen molar-refractivity contribution in [2.24, 2.45) is 0 Å². The van der Waals surface area contributed by atoms with Gasteiger partial charge in [-0.25, -0.2) is 0 Å². The third-order valence-corrected chi connectivity index (χ3v) is 4.06. The first-order chi connectivity index (χ1) is 9.80. The largest absolute Gasteiger partial charge is 0.496 e. The number of ether oxygens (including phenoxy) is 2. The summed E-state index contributed by atoms with van der Waals surface area (Å²) in [5.74, 6) is 0.714. The van der Waals surface area contributed by atoms with Crippen LogP contribution < -0.4 is 10.2 Å². The standard InChI is InChI=1S/C15H24BNO4/c1-7-19-13-8-11(9-17-12(13)10-18-6)16-20-14(2,3)15(4,5)21-16/h8-9H,7,10H2,1-6H3. The fraction of sp³-hybridized carbons (Fsp3) is 0.667. The summed E-state index contributed by atoms with van der Waals surface area (Å²) >= 11 is 0. The maximum absolute atomic E-state index is 6.03. The molecular weight excluding hydrogens is 269 g/mol. The first-order valence-corrected chi connectivity index (χ1v) is 7.27. The third kappa shape index (κ3) is 3.22. The van der Waals surface area contributed by atoms with E-state index in [4.69, 9.17) is 18.8 Å². The Morgan fingerprint density at radius 3 is 2.33 bits per heavy atom. The highest BCUT2D eigenvalue weighted by Crippen LogP contribution is 2.36. The molecular formula is C15H24BNO4. The molecule has 0 N–H and O–H groups in total. The normalized spacial score (nSPS) is 19.8. The molecule has 0 spiro atoms. The van der Waals surface area contributed by atoms with E-state index in [1.54, 1.807) is 13.3 Å². The Balaban J connectivity index is 2.27. The van der Waals surface area contributed by atoms with Gasteiger partial charge in [0.25, 0.3) is 0 Å². The molecule has 0 atom stereocenters. The van der Waals surface area contributed by atoms with Crippen LogP contribution in [0.2, 0.25) is 0 Å². The molecule has 0 bridgehead atoms. The molecule has 1 aliphatic heterocycles. The fourth-order valence-corrected chi connectivity index (χ4v) is 2.12. The van der Waals surface area contributed by atoms with Gasteiger partial charge in [-0.05, 0) is 40.7 Å². The Morgan fingerprint density at radius 2 is 1.81 bits per heavy atom. The number of aromatic nitrogens is 1. The Labute approximate surface area is 127 Å². The Morgan fingerprint density at radius 1 is 1.19 bits per heavy atom. The van der Waals surface area contributed by atoms with Crippen LogP contribution in [0.5, 0.6) is 5.75 Å². The molecule has 1 aliphatic rings. The van der Waals surface area contributed by atoms with Crippen LogP contribution in [0, 0.1) is 0 Å². The van der Waals surface area contributed by atoms with Crippen LogP contribution in [-0.4, -0.2) is 37.0 Å². The quantitative estimate of drug-likeness (QED) is 0.776. The monoisotopic (exact) mass is 293 g/mol. The van der Waals surface area contributed by atoms with Crippen molar-refractivity contribution in [3.05, 3.63) is 18.0 Å². The predicted molar refractivity (Wildman–Crippen MR) is 81.8 cm³/mol. The molecule has 1 fully saturated rings. The summed E-state index contributed by atoms with van der Waals surface area (Å²) in [6, 6.07) is 1.92. The summed E-state index contributed by atoms with van der Waals surface area (Å²) in [4.78, 5) is 4.42. The minimum atomic E-state index is -0.432. The second-order valence-corrected chi connectivity index (χ2v) is 6.17. The van der Waals surface area contributed by atoms with Gasteiger partial charge in [-0.3, -0.25) is 4.98 Å². The van der Waals surface area contributed by atoms with Crippen molar-refractivity contribution < 1.29 is 18.8 Å². The van der Waals surface area contributed by atoms with Crippen molar-refractivity contribution >= 4 is 12.6 Å². The van der Waals surface area contributed by atoms with Crippen LogP contribution in [0.15, 0.2) is 12.3 Å². The van der Waals surface area contributed by atoms with Crippen molar-refractivity contribution in [1.29, 1.82) is 0 Å². The first-order valence-electron chi connectivity index (χ1n) is 7.27. The van der Waals surface area contributed by atoms with Gasteiger partial charge in [0.05, 0.1) is 24.4 Å². The van der Waals surface area contributed by atoms with E-state index in [1.807, 2.05) is 40.7 Å². The molecule has 1 saturated heterocycles. The zero-order valence-electron chi connectivity index (χ0n) is 13.7. The molecule has 116 valence electrons. The van der Waals surface area contributed by atoms with Crippen molar-refractivity contribution in [3.8, 4) is 5.75 Å². The van der Waals surface area contributed by atoms with E-state index in [0.29, 0.717) is 19.0 Å². The SMILES string of the molecule is CCOc1cc(B2OC(C)(C)C(C)(C)O2)cnc1COC. The minimum Gasteiger partial charge on any atom is -0.492 e. The summed E-state index contributed by atoms with van der Waals surface area (Å²) in [6.07, 6.45) is 1.76. The Bertz CT molecular complexity index is 488. The van der Waals surface area contributed by atoms with Crippen molar-refractivity contribution in [2.75, 3.05) is 13.7 Å². The van der Waals surface area contributed by atoms with E-state index in [2.05, 4.69) is 4.98 Å². The molecule has 21 heavy (non-hydrogen) atoms. The van der Waals surface area contributed by atoms with E-state index >= 15 is 0 Å². The van der Waals surface area contributed by atoms with Crippen LogP contribution in [0.3, 0.4) is 0 Å². The van der Waals surface area contributed by atoms with Crippen molar-refractivity contribution in [2.45, 2.75) is 52.4 Å². The number of nitrogens with zero attached hydrogens (tertiary/aromatic N) is 1. The maximum Gasteiger partial charge on any atom is 0.496 e. The molecule has 0 amide bonds. The summed E-state index contributed by atoms with van der Waals surface area (Å²) < 4.78 is 22.8. The fourth-order valence-electron chi connectivity index (χ4n) is 2.12. The van der Waals surface area contributed by atoms with Crippen molar-refractivity contribution in [1.82, 2.24) is 4.98 Å². The molecule has 1 aromatic rings. The average molecular weight is 293 g/mol. The van der Waals surface area contributed by atoms with E-state index in [9.17, 15) is 0 Å². The van der Waals surface area contributed by atoms with Crippen LogP contribution in [0.25, 0.3) is 0 Å². The zero-order valence-corrected chi connectivity index (χ0v) is 13.7. The van der Waals surface area contributed by atoms with Gasteiger partial charge in [0.15, 0.2) is 0 Å². The van der Waals surface area contributed by atoms with Gasteiger partial charge < -0.3 is 18.8 Å². The molecule has 0 saturated carbocycles. The van der Waals surface area contributed by atoms with Crippen LogP contribution in [0.1, 0.15) is 40.3 Å². The molecule has 0 aromatic carbocycles. The zero-order chi connectivity index (χ0) is 15.7. The summed E-state index contributed by atoms with van der Waals surface area (Å²) in [5, 5.41) is 0. The molecule has 2 heterocycles. The average Bonchev–Trinajstić information content (AvgIpc) is 2.61. The van der Waals surface area contributed by atoms with Crippen LogP contribution in [0.4, 0.5) is 0 Å². The van der Waals surface area contributed by atoms with E-state index in [0.717, 1.165) is 11.2 Å². The van der Waals surface area contributed by atoms with Gasteiger partial charge >= 0.3 is 7.12 Å². The van der Waals surface area contributed by atoms with Gasteiger partial charge in [-0.1, -0.05) is 0 Å². The highest BCUT2D eigenvalue weighted by atomic mass is 16.7. The Kier molecular flexibility index (Phi) is 4.61. The second kappa shape index (κ2) is 5.95. The molecule has 6 heteroatoms. The van der Waals surface area contributed by atoms with Crippen LogP contribution >= 0.6 is 0 Å². The number of hydrogen-bond acceptors (Lipinski definition) is 5. The lowest BCUT2D eigenvalue weighted by Gasteiger charge is -2.32. The van der Waals surface area contributed by atoms with E-state index in [-0.39, 0.29) is 11.2 Å². The number of methoxy groups -OCH3 is 1. The molecule has 0 aliphatic carbocycles. The van der Waals surface area contributed by atoms with Gasteiger partial charge in [0.2, 0.25) is 0 Å². The maximum atomic E-state index is 6.03. The molecule has 2 rings (SSSR count). The number of hydrogen-bond donors (Lipinski definition) is 0. The highest BCUT2D eigenvalue weighted by molar-refractivity contribution is 6.62. The number of pyridine rings is 1. The smallest absolute Gasteiger partial charge is 0.492 e. The Hall–Kier alpha value is -1.11. The number of rotatable bonds is 5. The summed E-state index contributed by atoms with van der Waals surface area (Å²) in [7, 11) is 1.21. The molecule has 5 nitrogen and oxygen atoms in total. The topological polar surface area (TPSA) is 49.8 Å². The first kappa shape index (κ1) is 16.3. The van der Waals surface area contributed by atoms with Crippen molar-refractivity contribution in [3.63, 3.8) is 0 Å². The van der Waals surface area contributed by atoms with Gasteiger partial charge in [0.1, 0.15) is 11.4 Å². The van der Waals surface area contributed by atoms with E-state index in [1.165, 1.54) is 0 Å². The molecule has 0 unspecified atom stereocenters. The molecule has 0 radical (unpaired) electrons. The summed E-state index contributed by atoms with van der Waals surface area (Å²) in [6.45, 7) is 11.1. The highest BCUT2D eigenvalue weighted by Gasteiger charge is 2.51. The lowest BCUT2D eigenvalue weighted by atomic mass is 9.80. The second-order valence-electron chi connectivity index (χ2n) is 6.17.